The van der Waals surface area contributed by atoms with Gasteiger partial charge in [-0.3, -0.25) is 0 Å². The van der Waals surface area contributed by atoms with E-state index in [0.29, 0.717) is 17.8 Å². The van der Waals surface area contributed by atoms with Gasteiger partial charge in [0.05, 0.1) is 11.6 Å². The topological polar surface area (TPSA) is 82.2 Å². The molecule has 0 aliphatic heterocycles. The molecule has 2 amide bonds. The minimum absolute atomic E-state index is 0.125. The maximum atomic E-state index is 12.8. The predicted octanol–water partition coefficient (Wildman–Crippen LogP) is 4.29. The van der Waals surface area contributed by atoms with E-state index in [4.69, 9.17) is 9.68 Å². The molecule has 0 radical (unpaired) electrons. The van der Waals surface area contributed by atoms with Gasteiger partial charge in [-0.25, -0.2) is 9.78 Å². The van der Waals surface area contributed by atoms with E-state index in [0.717, 1.165) is 35.9 Å². The van der Waals surface area contributed by atoms with Gasteiger partial charge in [-0.15, -0.1) is 0 Å². The van der Waals surface area contributed by atoms with Gasteiger partial charge in [0.25, 0.3) is 0 Å². The van der Waals surface area contributed by atoms with E-state index in [-0.39, 0.29) is 12.1 Å². The van der Waals surface area contributed by atoms with Crippen LogP contribution in [-0.4, -0.2) is 22.0 Å². The minimum Gasteiger partial charge on any atom is -0.443 e. The van der Waals surface area contributed by atoms with Crippen LogP contribution in [0.15, 0.2) is 53.3 Å². The van der Waals surface area contributed by atoms with Crippen LogP contribution < -0.4 is 5.32 Å². The van der Waals surface area contributed by atoms with Crippen LogP contribution in [0, 0.1) is 11.3 Å². The van der Waals surface area contributed by atoms with Gasteiger partial charge >= 0.3 is 6.03 Å². The highest BCUT2D eigenvalue weighted by Gasteiger charge is 2.29. The molecule has 0 bridgehead atoms. The van der Waals surface area contributed by atoms with Gasteiger partial charge in [-0.2, -0.15) is 5.26 Å². The van der Waals surface area contributed by atoms with Crippen LogP contribution in [0.2, 0.25) is 0 Å². The van der Waals surface area contributed by atoms with Crippen LogP contribution in [-0.2, 0) is 6.54 Å². The predicted molar refractivity (Wildman–Crippen MR) is 97.4 cm³/mol. The van der Waals surface area contributed by atoms with Crippen LogP contribution in [0.4, 0.5) is 10.5 Å². The molecule has 1 aliphatic carbocycles. The molecule has 0 saturated heterocycles. The first-order chi connectivity index (χ1) is 12.7. The standard InChI is InChI=1S/C20H18N4O2/c21-11-14-4-7-16(8-5-14)23-20(25)24(17-2-1-3-17)12-15-6-9-19-18(10-15)22-13-26-19/h4-10,13,17H,1-3,12H2,(H,23,25). The molecule has 1 heterocycles. The number of amides is 2. The molecule has 0 unspecified atom stereocenters. The van der Waals surface area contributed by atoms with E-state index >= 15 is 0 Å². The molecular weight excluding hydrogens is 328 g/mol. The van der Waals surface area contributed by atoms with Gasteiger partial charge in [0.1, 0.15) is 5.52 Å². The second-order valence-corrected chi connectivity index (χ2v) is 6.49. The lowest BCUT2D eigenvalue weighted by Gasteiger charge is -2.37. The summed E-state index contributed by atoms with van der Waals surface area (Å²) in [4.78, 5) is 18.9. The maximum Gasteiger partial charge on any atom is 0.322 e. The number of fused-ring (bicyclic) bond motifs is 1. The third-order valence-corrected chi connectivity index (χ3v) is 4.79. The average molecular weight is 346 g/mol. The monoisotopic (exact) mass is 346 g/mol. The zero-order chi connectivity index (χ0) is 17.9. The number of oxazole rings is 1. The lowest BCUT2D eigenvalue weighted by atomic mass is 9.91. The van der Waals surface area contributed by atoms with Gasteiger partial charge in [-0.05, 0) is 61.2 Å². The number of hydrogen-bond acceptors (Lipinski definition) is 4. The number of carbonyl (C=O) groups is 1. The molecule has 2 aromatic carbocycles. The van der Waals surface area contributed by atoms with E-state index < -0.39 is 0 Å². The molecule has 1 saturated carbocycles. The van der Waals surface area contributed by atoms with Gasteiger partial charge in [0.2, 0.25) is 0 Å². The molecule has 4 rings (SSSR count). The zero-order valence-electron chi connectivity index (χ0n) is 14.2. The molecular formula is C20H18N4O2. The first-order valence-corrected chi connectivity index (χ1v) is 8.63. The summed E-state index contributed by atoms with van der Waals surface area (Å²) in [5.41, 5.74) is 3.81. The number of benzene rings is 2. The number of anilines is 1. The maximum absolute atomic E-state index is 12.8. The van der Waals surface area contributed by atoms with E-state index in [2.05, 4.69) is 16.4 Å². The van der Waals surface area contributed by atoms with Gasteiger partial charge in [-0.1, -0.05) is 6.07 Å². The third kappa shape index (κ3) is 3.24. The number of hydrogen-bond donors (Lipinski definition) is 1. The Hall–Kier alpha value is -3.33. The summed E-state index contributed by atoms with van der Waals surface area (Å²) in [6.45, 7) is 0.523. The summed E-state index contributed by atoms with van der Waals surface area (Å²) < 4.78 is 5.28. The van der Waals surface area contributed by atoms with Crippen LogP contribution in [0.3, 0.4) is 0 Å². The first-order valence-electron chi connectivity index (χ1n) is 8.63. The summed E-state index contributed by atoms with van der Waals surface area (Å²) in [6, 6.07) is 14.9. The molecule has 6 nitrogen and oxygen atoms in total. The number of nitrogens with one attached hydrogen (secondary N) is 1. The molecule has 130 valence electrons. The number of aromatic nitrogens is 1. The fourth-order valence-corrected chi connectivity index (χ4v) is 3.09. The van der Waals surface area contributed by atoms with Crippen molar-refractivity contribution in [2.45, 2.75) is 31.8 Å². The first kappa shape index (κ1) is 16.2. The van der Waals surface area contributed by atoms with Crippen molar-refractivity contribution in [2.75, 3.05) is 5.32 Å². The quantitative estimate of drug-likeness (QED) is 0.764. The van der Waals surface area contributed by atoms with E-state index in [9.17, 15) is 4.79 Å². The zero-order valence-corrected chi connectivity index (χ0v) is 14.2. The molecule has 0 atom stereocenters. The molecule has 1 aromatic heterocycles. The van der Waals surface area contributed by atoms with Crippen molar-refractivity contribution in [3.05, 3.63) is 60.0 Å². The SMILES string of the molecule is N#Cc1ccc(NC(=O)N(Cc2ccc3ocnc3c2)C2CCC2)cc1. The van der Waals surface area contributed by atoms with Crippen LogP contribution >= 0.6 is 0 Å². The largest absolute Gasteiger partial charge is 0.443 e. The lowest BCUT2D eigenvalue weighted by Crippen LogP contribution is -2.45. The van der Waals surface area contributed by atoms with Crippen molar-refractivity contribution in [3.63, 3.8) is 0 Å². The molecule has 6 heteroatoms. The average Bonchev–Trinajstić information content (AvgIpc) is 3.08. The van der Waals surface area contributed by atoms with Crippen LogP contribution in [0.25, 0.3) is 11.1 Å². The van der Waals surface area contributed by atoms with E-state index in [1.54, 1.807) is 24.3 Å². The van der Waals surface area contributed by atoms with Crippen LogP contribution in [0.5, 0.6) is 0 Å². The van der Waals surface area contributed by atoms with E-state index in [1.165, 1.54) is 6.39 Å². The van der Waals surface area contributed by atoms with Crippen LogP contribution in [0.1, 0.15) is 30.4 Å². The highest BCUT2D eigenvalue weighted by atomic mass is 16.3. The summed E-state index contributed by atoms with van der Waals surface area (Å²) in [5.74, 6) is 0. The van der Waals surface area contributed by atoms with E-state index in [1.807, 2.05) is 23.1 Å². The summed E-state index contributed by atoms with van der Waals surface area (Å²) in [5, 5.41) is 11.8. The van der Waals surface area contributed by atoms with Gasteiger partial charge in [0.15, 0.2) is 12.0 Å². The third-order valence-electron chi connectivity index (χ3n) is 4.79. The fourth-order valence-electron chi connectivity index (χ4n) is 3.09. The molecule has 3 aromatic rings. The van der Waals surface area contributed by atoms with Crippen molar-refractivity contribution in [1.82, 2.24) is 9.88 Å². The second kappa shape index (κ2) is 6.89. The minimum atomic E-state index is -0.125. The Labute approximate surface area is 151 Å². The van der Waals surface area contributed by atoms with Crippen molar-refractivity contribution >= 4 is 22.8 Å². The smallest absolute Gasteiger partial charge is 0.322 e. The number of carbonyl (C=O) groups excluding carboxylic acids is 1. The number of rotatable bonds is 4. The lowest BCUT2D eigenvalue weighted by molar-refractivity contribution is 0.143. The fraction of sp³-hybridized carbons (Fsp3) is 0.250. The highest BCUT2D eigenvalue weighted by molar-refractivity contribution is 5.89. The number of nitrogens with zero attached hydrogens (tertiary/aromatic N) is 3. The Kier molecular flexibility index (Phi) is 4.28. The van der Waals surface area contributed by atoms with Crippen molar-refractivity contribution in [3.8, 4) is 6.07 Å². The normalized spacial score (nSPS) is 13.8. The van der Waals surface area contributed by atoms with Crippen molar-refractivity contribution < 1.29 is 9.21 Å². The summed E-state index contributed by atoms with van der Waals surface area (Å²) in [7, 11) is 0. The number of urea groups is 1. The number of nitriles is 1. The Morgan fingerprint density at radius 2 is 2.08 bits per heavy atom. The Bertz CT molecular complexity index is 967. The molecule has 1 aliphatic rings. The van der Waals surface area contributed by atoms with Crippen molar-refractivity contribution in [1.29, 1.82) is 5.26 Å². The van der Waals surface area contributed by atoms with Gasteiger partial charge < -0.3 is 14.6 Å². The summed E-state index contributed by atoms with van der Waals surface area (Å²) in [6.07, 6.45) is 4.61. The molecule has 26 heavy (non-hydrogen) atoms. The Morgan fingerprint density at radius 3 is 2.77 bits per heavy atom. The Morgan fingerprint density at radius 1 is 1.27 bits per heavy atom. The van der Waals surface area contributed by atoms with Gasteiger partial charge in [0, 0.05) is 18.3 Å². The molecule has 1 N–H and O–H groups in total. The molecule has 1 fully saturated rings. The highest BCUT2D eigenvalue weighted by Crippen LogP contribution is 2.28. The summed E-state index contributed by atoms with van der Waals surface area (Å²) >= 11 is 0. The Balaban J connectivity index is 1.51. The van der Waals surface area contributed by atoms with Crippen molar-refractivity contribution in [2.24, 2.45) is 0 Å². The second-order valence-electron chi connectivity index (χ2n) is 6.49. The molecule has 0 spiro atoms.